The number of thiophene rings is 1. The van der Waals surface area contributed by atoms with Gasteiger partial charge in [0.2, 0.25) is 0 Å². The first-order chi connectivity index (χ1) is 13.7. The Balaban J connectivity index is 1.85. The zero-order valence-electron chi connectivity index (χ0n) is 14.9. The highest BCUT2D eigenvalue weighted by molar-refractivity contribution is 7.19. The summed E-state index contributed by atoms with van der Waals surface area (Å²) in [6.45, 7) is 0. The van der Waals surface area contributed by atoms with E-state index in [1.54, 1.807) is 11.3 Å². The van der Waals surface area contributed by atoms with Crippen LogP contribution in [0.1, 0.15) is 22.4 Å². The maximum atomic E-state index is 12.9. The number of halogens is 1. The maximum Gasteiger partial charge on any atom is 0.282 e. The first-order valence-corrected chi connectivity index (χ1v) is 10.5. The van der Waals surface area contributed by atoms with E-state index in [1.165, 1.54) is 10.4 Å². The summed E-state index contributed by atoms with van der Waals surface area (Å²) >= 11 is 7.81. The Morgan fingerprint density at radius 3 is 2.64 bits per heavy atom. The summed E-state index contributed by atoms with van der Waals surface area (Å²) in [7, 11) is 0. The van der Waals surface area contributed by atoms with Crippen molar-refractivity contribution >= 4 is 55.6 Å². The molecule has 2 aromatic carbocycles. The van der Waals surface area contributed by atoms with Crippen molar-refractivity contribution in [2.45, 2.75) is 19.3 Å². The highest BCUT2D eigenvalue weighted by atomic mass is 35.5. The van der Waals surface area contributed by atoms with Gasteiger partial charge in [0, 0.05) is 20.7 Å². The molecule has 0 atom stereocenters. The second kappa shape index (κ2) is 5.90. The summed E-state index contributed by atoms with van der Waals surface area (Å²) in [6.07, 6.45) is 5.33. The van der Waals surface area contributed by atoms with Crippen LogP contribution in [0.4, 0.5) is 0 Å². The van der Waals surface area contributed by atoms with E-state index in [0.29, 0.717) is 0 Å². The van der Waals surface area contributed by atoms with Crippen molar-refractivity contribution in [3.8, 4) is 0 Å². The first kappa shape index (κ1) is 16.3. The lowest BCUT2D eigenvalue weighted by Gasteiger charge is -2.00. The zero-order chi connectivity index (χ0) is 18.8. The van der Waals surface area contributed by atoms with Gasteiger partial charge in [0.15, 0.2) is 5.65 Å². The highest BCUT2D eigenvalue weighted by Crippen LogP contribution is 2.36. The van der Waals surface area contributed by atoms with Crippen molar-refractivity contribution < 1.29 is 0 Å². The molecule has 0 fully saturated rings. The van der Waals surface area contributed by atoms with Gasteiger partial charge in [-0.1, -0.05) is 48.0 Å². The Labute approximate surface area is 169 Å². The number of aromatic nitrogens is 2. The van der Waals surface area contributed by atoms with Gasteiger partial charge in [-0.15, -0.1) is 11.3 Å². The van der Waals surface area contributed by atoms with Gasteiger partial charge in [0.1, 0.15) is 4.83 Å². The van der Waals surface area contributed by atoms with Crippen LogP contribution in [0.2, 0.25) is 5.02 Å². The topological polar surface area (TPSA) is 34.4 Å². The molecule has 5 heteroatoms. The van der Waals surface area contributed by atoms with Gasteiger partial charge in [-0.05, 0) is 48.6 Å². The molecule has 0 unspecified atom stereocenters. The highest BCUT2D eigenvalue weighted by Gasteiger charge is 2.23. The second-order valence-electron chi connectivity index (χ2n) is 7.24. The molecule has 3 aromatic heterocycles. The molecule has 0 N–H and O–H groups in total. The number of hydrogen-bond donors (Lipinski definition) is 0. The van der Waals surface area contributed by atoms with Gasteiger partial charge < -0.3 is 0 Å². The predicted molar refractivity (Wildman–Crippen MR) is 117 cm³/mol. The van der Waals surface area contributed by atoms with Gasteiger partial charge in [0.25, 0.3) is 5.56 Å². The number of aryl methyl sites for hydroxylation is 2. The van der Waals surface area contributed by atoms with Crippen LogP contribution in [0, 0.1) is 0 Å². The molecular formula is C23H15ClN2OS. The fraction of sp³-hybridized carbons (Fsp3) is 0.130. The standard InChI is InChI=1S/C23H15ClN2OS/c24-14-10-8-13(9-11-14)12-18-15-4-1-2-5-16(15)21-25-22(27)20-17-6-3-7-19(17)28-23(20)26(18)21/h1-2,4-5,8-12H,3,6-7H2. The van der Waals surface area contributed by atoms with Crippen molar-refractivity contribution in [3.63, 3.8) is 0 Å². The molecule has 0 bridgehead atoms. The molecule has 3 nitrogen and oxygen atoms in total. The Kier molecular flexibility index (Phi) is 3.43. The van der Waals surface area contributed by atoms with Crippen molar-refractivity contribution in [1.82, 2.24) is 9.38 Å². The molecule has 136 valence electrons. The predicted octanol–water partition coefficient (Wildman–Crippen LogP) is 4.75. The van der Waals surface area contributed by atoms with E-state index in [4.69, 9.17) is 11.6 Å². The van der Waals surface area contributed by atoms with Crippen molar-refractivity contribution in [2.75, 3.05) is 0 Å². The number of nitrogens with zero attached hydrogens (tertiary/aromatic N) is 2. The molecule has 1 aliphatic carbocycles. The van der Waals surface area contributed by atoms with Crippen molar-refractivity contribution in [2.24, 2.45) is 0 Å². The van der Waals surface area contributed by atoms with Crippen molar-refractivity contribution in [1.29, 1.82) is 0 Å². The second-order valence-corrected chi connectivity index (χ2v) is 8.76. The van der Waals surface area contributed by atoms with Gasteiger partial charge in [-0.3, -0.25) is 9.20 Å². The Hall–Kier alpha value is -2.69. The fourth-order valence-corrected chi connectivity index (χ4v) is 5.87. The van der Waals surface area contributed by atoms with E-state index < -0.39 is 0 Å². The summed E-state index contributed by atoms with van der Waals surface area (Å²) in [6, 6.07) is 16.0. The first-order valence-electron chi connectivity index (χ1n) is 9.35. The Morgan fingerprint density at radius 2 is 1.82 bits per heavy atom. The minimum absolute atomic E-state index is 0.0943. The third-order valence-corrected chi connectivity index (χ3v) is 7.13. The molecule has 0 saturated heterocycles. The summed E-state index contributed by atoms with van der Waals surface area (Å²) in [5, 5.41) is 4.71. The summed E-state index contributed by atoms with van der Waals surface area (Å²) < 4.78 is 2.18. The average molecular weight is 403 g/mol. The molecule has 6 rings (SSSR count). The Morgan fingerprint density at radius 1 is 1.04 bits per heavy atom. The quantitative estimate of drug-likeness (QED) is 0.405. The number of rotatable bonds is 1. The number of benzene rings is 2. The van der Waals surface area contributed by atoms with Gasteiger partial charge in [-0.2, -0.15) is 4.98 Å². The molecule has 0 amide bonds. The monoisotopic (exact) mass is 402 g/mol. The third kappa shape index (κ3) is 2.22. The van der Waals surface area contributed by atoms with E-state index in [-0.39, 0.29) is 5.56 Å². The smallest absolute Gasteiger partial charge is 0.282 e. The molecule has 3 heterocycles. The summed E-state index contributed by atoms with van der Waals surface area (Å²) in [5.41, 5.74) is 2.93. The molecule has 5 aromatic rings. The van der Waals surface area contributed by atoms with Gasteiger partial charge in [-0.25, -0.2) is 0 Å². The van der Waals surface area contributed by atoms with E-state index in [2.05, 4.69) is 21.5 Å². The molecule has 0 aliphatic heterocycles. The van der Waals surface area contributed by atoms with Crippen LogP contribution in [0.3, 0.4) is 0 Å². The zero-order valence-corrected chi connectivity index (χ0v) is 16.5. The lowest BCUT2D eigenvalue weighted by Crippen LogP contribution is -2.16. The van der Waals surface area contributed by atoms with Crippen LogP contribution in [-0.4, -0.2) is 9.38 Å². The largest absolute Gasteiger partial charge is 0.284 e. The third-order valence-electron chi connectivity index (χ3n) is 5.60. The van der Waals surface area contributed by atoms with Gasteiger partial charge >= 0.3 is 0 Å². The molecular weight excluding hydrogens is 388 g/mol. The van der Waals surface area contributed by atoms with Crippen LogP contribution in [0.5, 0.6) is 0 Å². The van der Waals surface area contributed by atoms with E-state index in [9.17, 15) is 4.79 Å². The fourth-order valence-electron chi connectivity index (χ4n) is 4.35. The van der Waals surface area contributed by atoms with E-state index in [1.807, 2.05) is 42.5 Å². The van der Waals surface area contributed by atoms with Crippen LogP contribution in [0.15, 0.2) is 53.3 Å². The molecule has 0 radical (unpaired) electrons. The summed E-state index contributed by atoms with van der Waals surface area (Å²) in [4.78, 5) is 19.8. The average Bonchev–Trinajstić information content (AvgIpc) is 3.36. The van der Waals surface area contributed by atoms with Crippen molar-refractivity contribution in [3.05, 3.63) is 85.3 Å². The maximum absolute atomic E-state index is 12.9. The van der Waals surface area contributed by atoms with Crippen LogP contribution >= 0.6 is 22.9 Å². The lowest BCUT2D eigenvalue weighted by molar-refractivity contribution is 0.916. The Bertz CT molecular complexity index is 1510. The summed E-state index contributed by atoms with van der Waals surface area (Å²) in [5.74, 6) is 0. The minimum atomic E-state index is -0.0943. The number of hydrogen-bond acceptors (Lipinski definition) is 3. The van der Waals surface area contributed by atoms with E-state index in [0.717, 1.165) is 61.8 Å². The van der Waals surface area contributed by atoms with E-state index >= 15 is 0 Å². The minimum Gasteiger partial charge on any atom is -0.284 e. The van der Waals surface area contributed by atoms with Crippen LogP contribution < -0.4 is 10.9 Å². The number of fused-ring (bicyclic) bond motifs is 7. The molecule has 0 saturated carbocycles. The molecule has 0 spiro atoms. The van der Waals surface area contributed by atoms with Crippen LogP contribution in [0.25, 0.3) is 32.7 Å². The SMILES string of the molecule is O=c1nc2c3ccccc3c(=Cc3ccc(Cl)cc3)n2c2sc3c(c12)CCC3. The normalized spacial score (nSPS) is 14.5. The molecule has 28 heavy (non-hydrogen) atoms. The van der Waals surface area contributed by atoms with Crippen LogP contribution in [-0.2, 0) is 12.8 Å². The van der Waals surface area contributed by atoms with Gasteiger partial charge in [0.05, 0.1) is 10.7 Å². The molecule has 1 aliphatic rings. The lowest BCUT2D eigenvalue weighted by atomic mass is 10.1.